The monoisotopic (exact) mass is 307 g/mol. The number of hydrogen-bond donors (Lipinski definition) is 2. The Bertz CT molecular complexity index is 484. The number of thioether (sulfide) groups is 1. The number of amides is 2. The van der Waals surface area contributed by atoms with Gasteiger partial charge in [0.1, 0.15) is 0 Å². The largest absolute Gasteiger partial charge is 0.322 e. The molecule has 1 fully saturated rings. The summed E-state index contributed by atoms with van der Waals surface area (Å²) in [6, 6.07) is 8.30. The molecule has 0 aliphatic carbocycles. The molecule has 2 rings (SSSR count). The summed E-state index contributed by atoms with van der Waals surface area (Å²) in [6.45, 7) is 8.08. The quantitative estimate of drug-likeness (QED) is 0.900. The van der Waals surface area contributed by atoms with Gasteiger partial charge in [0.2, 0.25) is 0 Å². The van der Waals surface area contributed by atoms with Crippen molar-refractivity contribution in [3.05, 3.63) is 29.8 Å². The highest BCUT2D eigenvalue weighted by Crippen LogP contribution is 2.25. The highest BCUT2D eigenvalue weighted by atomic mass is 32.2. The first-order chi connectivity index (χ1) is 9.99. The third kappa shape index (κ3) is 4.38. The predicted octanol–water partition coefficient (Wildman–Crippen LogP) is 3.32. The zero-order valence-electron chi connectivity index (χ0n) is 13.2. The molecule has 1 aliphatic rings. The molecule has 0 spiro atoms. The lowest BCUT2D eigenvalue weighted by Crippen LogP contribution is -2.46. The van der Waals surface area contributed by atoms with Gasteiger partial charge in [-0.15, -0.1) is 0 Å². The van der Waals surface area contributed by atoms with Crippen LogP contribution < -0.4 is 10.6 Å². The molecule has 0 bridgehead atoms. The summed E-state index contributed by atoms with van der Waals surface area (Å²) in [5, 5.41) is 7.22. The first-order valence-electron chi connectivity index (χ1n) is 7.48. The van der Waals surface area contributed by atoms with Crippen LogP contribution in [-0.2, 0) is 0 Å². The van der Waals surface area contributed by atoms with E-state index in [1.807, 2.05) is 41.9 Å². The summed E-state index contributed by atoms with van der Waals surface area (Å²) >= 11 is 1.95. The van der Waals surface area contributed by atoms with E-state index < -0.39 is 0 Å². The molecule has 1 aromatic carbocycles. The van der Waals surface area contributed by atoms with Gasteiger partial charge in [-0.25, -0.2) is 4.79 Å². The first kappa shape index (κ1) is 16.2. The van der Waals surface area contributed by atoms with Crippen molar-refractivity contribution < 1.29 is 4.79 Å². The van der Waals surface area contributed by atoms with E-state index in [9.17, 15) is 4.79 Å². The van der Waals surface area contributed by atoms with E-state index in [-0.39, 0.29) is 12.1 Å². The van der Waals surface area contributed by atoms with E-state index in [0.29, 0.717) is 10.5 Å². The molecular weight excluding hydrogens is 282 g/mol. The van der Waals surface area contributed by atoms with Gasteiger partial charge in [-0.1, -0.05) is 26.0 Å². The lowest BCUT2D eigenvalue weighted by Gasteiger charge is -2.34. The molecule has 1 aromatic rings. The second-order valence-corrected chi connectivity index (χ2v) is 7.61. The van der Waals surface area contributed by atoms with E-state index >= 15 is 0 Å². The van der Waals surface area contributed by atoms with Gasteiger partial charge in [0.25, 0.3) is 0 Å². The molecule has 0 aromatic heterocycles. The molecule has 2 N–H and O–H groups in total. The van der Waals surface area contributed by atoms with Crippen LogP contribution >= 0.6 is 11.8 Å². The standard InChI is InChI=1S/C16H25N3OS/c1-11-9-19(10-12(2)21-11)16(20)18-15-7-5-6-14(8-15)13(3)17-4/h5-8,11-13,17H,9-10H2,1-4H3,(H,18,20). The molecule has 4 nitrogen and oxygen atoms in total. The Morgan fingerprint density at radius 3 is 2.62 bits per heavy atom. The Labute approximate surface area is 131 Å². The highest BCUT2D eigenvalue weighted by Gasteiger charge is 2.25. The van der Waals surface area contributed by atoms with Crippen LogP contribution in [0.5, 0.6) is 0 Å². The molecule has 2 amide bonds. The van der Waals surface area contributed by atoms with Crippen LogP contribution in [0, 0.1) is 0 Å². The van der Waals surface area contributed by atoms with Crippen LogP contribution in [0.15, 0.2) is 24.3 Å². The minimum absolute atomic E-state index is 0.00302. The molecule has 3 atom stereocenters. The van der Waals surface area contributed by atoms with Crippen molar-refractivity contribution in [2.75, 3.05) is 25.5 Å². The molecule has 5 heteroatoms. The van der Waals surface area contributed by atoms with Gasteiger partial charge < -0.3 is 15.5 Å². The van der Waals surface area contributed by atoms with Crippen LogP contribution in [0.4, 0.5) is 10.5 Å². The maximum atomic E-state index is 12.4. The molecule has 1 saturated heterocycles. The van der Waals surface area contributed by atoms with Crippen molar-refractivity contribution in [3.63, 3.8) is 0 Å². The lowest BCUT2D eigenvalue weighted by atomic mass is 10.1. The Kier molecular flexibility index (Phi) is 5.53. The SMILES string of the molecule is CNC(C)c1cccc(NC(=O)N2CC(C)SC(C)C2)c1. The van der Waals surface area contributed by atoms with Gasteiger partial charge in [-0.2, -0.15) is 11.8 Å². The molecular formula is C16H25N3OS. The maximum Gasteiger partial charge on any atom is 0.321 e. The first-order valence-corrected chi connectivity index (χ1v) is 8.42. The van der Waals surface area contributed by atoms with Crippen molar-refractivity contribution in [1.82, 2.24) is 10.2 Å². The van der Waals surface area contributed by atoms with E-state index in [1.165, 1.54) is 5.56 Å². The van der Waals surface area contributed by atoms with Crippen LogP contribution in [0.2, 0.25) is 0 Å². The zero-order chi connectivity index (χ0) is 15.4. The van der Waals surface area contributed by atoms with Gasteiger partial charge >= 0.3 is 6.03 Å². The Hall–Kier alpha value is -1.20. The number of carbonyl (C=O) groups is 1. The highest BCUT2D eigenvalue weighted by molar-refractivity contribution is 8.00. The number of rotatable bonds is 3. The van der Waals surface area contributed by atoms with Crippen LogP contribution in [0.25, 0.3) is 0 Å². The fourth-order valence-electron chi connectivity index (χ4n) is 2.60. The second kappa shape index (κ2) is 7.18. The summed E-state index contributed by atoms with van der Waals surface area (Å²) in [6.07, 6.45) is 0. The molecule has 0 radical (unpaired) electrons. The molecule has 116 valence electrons. The minimum atomic E-state index is 0.00302. The summed E-state index contributed by atoms with van der Waals surface area (Å²) in [4.78, 5) is 14.3. The number of nitrogens with zero attached hydrogens (tertiary/aromatic N) is 1. The number of anilines is 1. The average Bonchev–Trinajstić information content (AvgIpc) is 2.45. The number of benzene rings is 1. The normalized spacial score (nSPS) is 23.7. The van der Waals surface area contributed by atoms with E-state index in [2.05, 4.69) is 37.5 Å². The van der Waals surface area contributed by atoms with Crippen LogP contribution in [0.3, 0.4) is 0 Å². The van der Waals surface area contributed by atoms with Crippen molar-refractivity contribution in [1.29, 1.82) is 0 Å². The fraction of sp³-hybridized carbons (Fsp3) is 0.562. The third-order valence-electron chi connectivity index (χ3n) is 3.78. The van der Waals surface area contributed by atoms with Gasteiger partial charge in [0, 0.05) is 35.3 Å². The van der Waals surface area contributed by atoms with Gasteiger partial charge in [-0.3, -0.25) is 0 Å². The molecule has 0 saturated carbocycles. The molecule has 1 heterocycles. The van der Waals surface area contributed by atoms with Crippen molar-refractivity contribution >= 4 is 23.5 Å². The Balaban J connectivity index is 2.02. The summed E-state index contributed by atoms with van der Waals surface area (Å²) in [5.74, 6) is 0. The second-order valence-electron chi connectivity index (χ2n) is 5.73. The minimum Gasteiger partial charge on any atom is -0.322 e. The Morgan fingerprint density at radius 2 is 2.00 bits per heavy atom. The van der Waals surface area contributed by atoms with E-state index in [1.54, 1.807) is 0 Å². The smallest absolute Gasteiger partial charge is 0.321 e. The predicted molar refractivity (Wildman–Crippen MR) is 91.0 cm³/mol. The van der Waals surface area contributed by atoms with Crippen molar-refractivity contribution in [3.8, 4) is 0 Å². The van der Waals surface area contributed by atoms with E-state index in [0.717, 1.165) is 18.8 Å². The van der Waals surface area contributed by atoms with Gasteiger partial charge in [-0.05, 0) is 31.7 Å². The lowest BCUT2D eigenvalue weighted by molar-refractivity contribution is 0.211. The van der Waals surface area contributed by atoms with Crippen LogP contribution in [-0.4, -0.2) is 41.6 Å². The maximum absolute atomic E-state index is 12.4. The number of hydrogen-bond acceptors (Lipinski definition) is 3. The molecule has 21 heavy (non-hydrogen) atoms. The van der Waals surface area contributed by atoms with E-state index in [4.69, 9.17) is 0 Å². The molecule has 3 unspecified atom stereocenters. The molecule has 1 aliphatic heterocycles. The zero-order valence-corrected chi connectivity index (χ0v) is 14.0. The average molecular weight is 307 g/mol. The van der Waals surface area contributed by atoms with Crippen molar-refractivity contribution in [2.24, 2.45) is 0 Å². The third-order valence-corrected chi connectivity index (χ3v) is 5.01. The number of carbonyl (C=O) groups excluding carboxylic acids is 1. The number of nitrogens with one attached hydrogen (secondary N) is 2. The van der Waals surface area contributed by atoms with Crippen LogP contribution in [0.1, 0.15) is 32.4 Å². The topological polar surface area (TPSA) is 44.4 Å². The number of urea groups is 1. The fourth-order valence-corrected chi connectivity index (χ4v) is 3.92. The summed E-state index contributed by atoms with van der Waals surface area (Å²) in [7, 11) is 1.93. The van der Waals surface area contributed by atoms with Gasteiger partial charge in [0.15, 0.2) is 0 Å². The van der Waals surface area contributed by atoms with Gasteiger partial charge in [0.05, 0.1) is 0 Å². The summed E-state index contributed by atoms with van der Waals surface area (Å²) < 4.78 is 0. The summed E-state index contributed by atoms with van der Waals surface area (Å²) in [5.41, 5.74) is 2.03. The van der Waals surface area contributed by atoms with Crippen molar-refractivity contribution in [2.45, 2.75) is 37.3 Å². The Morgan fingerprint density at radius 1 is 1.33 bits per heavy atom.